The highest BCUT2D eigenvalue weighted by molar-refractivity contribution is 7.80. The van der Waals surface area contributed by atoms with Gasteiger partial charge in [-0.3, -0.25) is 0 Å². The molecule has 4 heteroatoms. The van der Waals surface area contributed by atoms with Crippen molar-refractivity contribution in [2.75, 3.05) is 0 Å². The monoisotopic (exact) mass is 236 g/mol. The Kier molecular flexibility index (Phi) is 3.84. The van der Waals surface area contributed by atoms with Crippen LogP contribution >= 0.6 is 23.8 Å². The van der Waals surface area contributed by atoms with Gasteiger partial charge in [-0.2, -0.15) is 5.26 Å². The molecule has 76 valence electrons. The second-order valence-electron chi connectivity index (χ2n) is 2.98. The van der Waals surface area contributed by atoms with Crippen molar-refractivity contribution >= 4 is 34.4 Å². The van der Waals surface area contributed by atoms with Crippen molar-refractivity contribution in [1.29, 1.82) is 5.26 Å². The third kappa shape index (κ3) is 2.79. The molecule has 0 aliphatic carbocycles. The van der Waals surface area contributed by atoms with E-state index in [0.29, 0.717) is 10.6 Å². The number of benzene rings is 1. The fourth-order valence-corrected chi connectivity index (χ4v) is 1.49. The van der Waals surface area contributed by atoms with E-state index in [1.807, 2.05) is 18.2 Å². The van der Waals surface area contributed by atoms with Gasteiger partial charge in [0, 0.05) is 5.02 Å². The molecule has 1 aromatic rings. The van der Waals surface area contributed by atoms with Crippen LogP contribution in [0.3, 0.4) is 0 Å². The summed E-state index contributed by atoms with van der Waals surface area (Å²) in [4.78, 5) is 0.116. The Morgan fingerprint density at radius 3 is 2.33 bits per heavy atom. The van der Waals surface area contributed by atoms with Crippen molar-refractivity contribution in [1.82, 2.24) is 0 Å². The van der Waals surface area contributed by atoms with E-state index in [9.17, 15) is 0 Å². The van der Waals surface area contributed by atoms with Crippen molar-refractivity contribution in [2.24, 2.45) is 5.73 Å². The van der Waals surface area contributed by atoms with Gasteiger partial charge in [0.1, 0.15) is 11.1 Å². The molecule has 0 fully saturated rings. The zero-order valence-corrected chi connectivity index (χ0v) is 9.69. The highest BCUT2D eigenvalue weighted by Crippen LogP contribution is 2.20. The zero-order valence-electron chi connectivity index (χ0n) is 8.12. The summed E-state index contributed by atoms with van der Waals surface area (Å²) < 4.78 is 0. The van der Waals surface area contributed by atoms with Gasteiger partial charge in [0.2, 0.25) is 0 Å². The van der Waals surface area contributed by atoms with Crippen molar-refractivity contribution in [3.63, 3.8) is 0 Å². The molecule has 0 saturated heterocycles. The molecule has 0 aliphatic heterocycles. The van der Waals surface area contributed by atoms with E-state index in [-0.39, 0.29) is 4.99 Å². The molecule has 15 heavy (non-hydrogen) atoms. The maximum atomic E-state index is 8.88. The predicted octanol–water partition coefficient (Wildman–Crippen LogP) is 2.92. The van der Waals surface area contributed by atoms with E-state index in [0.717, 1.165) is 11.1 Å². The minimum Gasteiger partial charge on any atom is -0.389 e. The van der Waals surface area contributed by atoms with Crippen molar-refractivity contribution in [2.45, 2.75) is 6.92 Å². The summed E-state index contributed by atoms with van der Waals surface area (Å²) in [6, 6.07) is 9.17. The lowest BCUT2D eigenvalue weighted by Gasteiger charge is -2.04. The van der Waals surface area contributed by atoms with Crippen LogP contribution in [0.5, 0.6) is 0 Å². The van der Waals surface area contributed by atoms with E-state index in [2.05, 4.69) is 0 Å². The van der Waals surface area contributed by atoms with E-state index in [4.69, 9.17) is 34.8 Å². The number of thiocarbonyl (C=S) groups is 1. The standard InChI is InChI=1S/C11H9ClN2S/c1-7(10(6-13)11(14)15)8-2-4-9(12)5-3-8/h2-5H,1H3,(H2,14,15)/b10-7+. The number of nitrogens with two attached hydrogens (primary N) is 1. The largest absolute Gasteiger partial charge is 0.389 e. The molecular formula is C11H9ClN2S. The minimum atomic E-state index is 0.116. The van der Waals surface area contributed by atoms with Crippen LogP contribution in [0, 0.1) is 11.3 Å². The smallest absolute Gasteiger partial charge is 0.114 e. The zero-order chi connectivity index (χ0) is 11.4. The summed E-state index contributed by atoms with van der Waals surface area (Å²) in [5, 5.41) is 9.53. The fourth-order valence-electron chi connectivity index (χ4n) is 1.17. The van der Waals surface area contributed by atoms with Gasteiger partial charge in [-0.25, -0.2) is 0 Å². The molecule has 0 saturated carbocycles. The Balaban J connectivity index is 3.24. The van der Waals surface area contributed by atoms with Gasteiger partial charge < -0.3 is 5.73 Å². The number of hydrogen-bond acceptors (Lipinski definition) is 2. The van der Waals surface area contributed by atoms with Crippen LogP contribution < -0.4 is 5.73 Å². The lowest BCUT2D eigenvalue weighted by molar-refractivity contribution is 1.48. The molecule has 2 N–H and O–H groups in total. The molecule has 0 unspecified atom stereocenters. The van der Waals surface area contributed by atoms with Crippen LogP contribution in [0.1, 0.15) is 12.5 Å². The third-order valence-corrected chi connectivity index (χ3v) is 2.47. The summed E-state index contributed by atoms with van der Waals surface area (Å²) in [5.74, 6) is 0. The predicted molar refractivity (Wildman–Crippen MR) is 66.4 cm³/mol. The number of halogens is 1. The molecule has 2 nitrogen and oxygen atoms in total. The number of nitrogens with zero attached hydrogens (tertiary/aromatic N) is 1. The van der Waals surface area contributed by atoms with Gasteiger partial charge >= 0.3 is 0 Å². The van der Waals surface area contributed by atoms with Gasteiger partial charge in [0.05, 0.1) is 5.57 Å². The second-order valence-corrected chi connectivity index (χ2v) is 3.86. The van der Waals surface area contributed by atoms with Crippen LogP contribution in [0.2, 0.25) is 5.02 Å². The lowest BCUT2D eigenvalue weighted by atomic mass is 10.0. The highest BCUT2D eigenvalue weighted by atomic mass is 35.5. The number of nitriles is 1. The van der Waals surface area contributed by atoms with Crippen LogP contribution in [-0.4, -0.2) is 4.99 Å². The summed E-state index contributed by atoms with van der Waals surface area (Å²) >= 11 is 10.6. The molecule has 0 radical (unpaired) electrons. The van der Waals surface area contributed by atoms with Gasteiger partial charge in [-0.1, -0.05) is 36.0 Å². The summed E-state index contributed by atoms with van der Waals surface area (Å²) in [6.07, 6.45) is 0. The van der Waals surface area contributed by atoms with Gasteiger partial charge in [0.15, 0.2) is 0 Å². The average Bonchev–Trinajstić information content (AvgIpc) is 2.19. The lowest BCUT2D eigenvalue weighted by Crippen LogP contribution is -2.11. The molecular weight excluding hydrogens is 228 g/mol. The molecule has 0 aromatic heterocycles. The Bertz CT molecular complexity index is 454. The maximum Gasteiger partial charge on any atom is 0.114 e. The first-order valence-corrected chi connectivity index (χ1v) is 5.01. The fraction of sp³-hybridized carbons (Fsp3) is 0.0909. The molecule has 1 aromatic carbocycles. The SMILES string of the molecule is C/C(=C(/C#N)C(N)=S)c1ccc(Cl)cc1. The topological polar surface area (TPSA) is 49.8 Å². The summed E-state index contributed by atoms with van der Waals surface area (Å²) in [6.45, 7) is 1.81. The Morgan fingerprint density at radius 2 is 1.93 bits per heavy atom. The van der Waals surface area contributed by atoms with Gasteiger partial charge in [-0.15, -0.1) is 0 Å². The molecule has 1 rings (SSSR count). The number of allylic oxidation sites excluding steroid dienone is 1. The van der Waals surface area contributed by atoms with Crippen LogP contribution in [-0.2, 0) is 0 Å². The third-order valence-electron chi connectivity index (χ3n) is 2.01. The first kappa shape index (κ1) is 11.7. The molecule has 0 atom stereocenters. The summed E-state index contributed by atoms with van der Waals surface area (Å²) in [7, 11) is 0. The quantitative estimate of drug-likeness (QED) is 0.488. The molecule has 0 bridgehead atoms. The first-order chi connectivity index (χ1) is 7.06. The van der Waals surface area contributed by atoms with Crippen molar-refractivity contribution in [3.8, 4) is 6.07 Å². The molecule has 0 amide bonds. The van der Waals surface area contributed by atoms with Crippen LogP contribution in [0.4, 0.5) is 0 Å². The van der Waals surface area contributed by atoms with Crippen molar-refractivity contribution < 1.29 is 0 Å². The van der Waals surface area contributed by atoms with Gasteiger partial charge in [0.25, 0.3) is 0 Å². The molecule has 0 spiro atoms. The Labute approximate surface area is 99.0 Å². The first-order valence-electron chi connectivity index (χ1n) is 4.23. The Hall–Kier alpha value is -1.37. The summed E-state index contributed by atoms with van der Waals surface area (Å²) in [5.41, 5.74) is 7.44. The molecule has 0 aliphatic rings. The minimum absolute atomic E-state index is 0.116. The second kappa shape index (κ2) is 4.92. The molecule has 0 heterocycles. The van der Waals surface area contributed by atoms with Crippen LogP contribution in [0.25, 0.3) is 5.57 Å². The van der Waals surface area contributed by atoms with Crippen molar-refractivity contribution in [3.05, 3.63) is 40.4 Å². The normalized spacial score (nSPS) is 11.5. The van der Waals surface area contributed by atoms with E-state index in [1.54, 1.807) is 19.1 Å². The van der Waals surface area contributed by atoms with E-state index >= 15 is 0 Å². The average molecular weight is 237 g/mol. The number of rotatable bonds is 2. The Morgan fingerprint density at radius 1 is 1.40 bits per heavy atom. The number of hydrogen-bond donors (Lipinski definition) is 1. The van der Waals surface area contributed by atoms with E-state index < -0.39 is 0 Å². The van der Waals surface area contributed by atoms with E-state index in [1.165, 1.54) is 0 Å². The van der Waals surface area contributed by atoms with Crippen LogP contribution in [0.15, 0.2) is 29.8 Å². The van der Waals surface area contributed by atoms with Gasteiger partial charge in [-0.05, 0) is 30.2 Å². The highest BCUT2D eigenvalue weighted by Gasteiger charge is 2.06. The maximum absolute atomic E-state index is 8.88.